The van der Waals surface area contributed by atoms with Crippen molar-refractivity contribution in [1.29, 1.82) is 0 Å². The van der Waals surface area contributed by atoms with Gasteiger partial charge in [0.2, 0.25) is 0 Å². The molecule has 0 radical (unpaired) electrons. The number of halogens is 3. The third-order valence-electron chi connectivity index (χ3n) is 6.55. The van der Waals surface area contributed by atoms with Crippen LogP contribution in [0.2, 0.25) is 15.3 Å². The summed E-state index contributed by atoms with van der Waals surface area (Å²) >= 11 is 17.9. The molecular formula is C26H29Cl3N4O5. The minimum Gasteiger partial charge on any atom is -0.494 e. The fourth-order valence-electron chi connectivity index (χ4n) is 4.33. The second-order valence-corrected chi connectivity index (χ2v) is 10.4. The Hall–Kier alpha value is -2.72. The smallest absolute Gasteiger partial charge is 0.383 e. The van der Waals surface area contributed by atoms with Gasteiger partial charge in [0.25, 0.3) is 0 Å². The number of nitro groups is 1. The summed E-state index contributed by atoms with van der Waals surface area (Å²) < 4.78 is 13.0. The van der Waals surface area contributed by atoms with E-state index in [0.717, 1.165) is 43.8 Å². The van der Waals surface area contributed by atoms with Crippen LogP contribution in [0.1, 0.15) is 25.7 Å². The van der Waals surface area contributed by atoms with Crippen molar-refractivity contribution in [1.82, 2.24) is 9.55 Å². The Morgan fingerprint density at radius 2 is 1.76 bits per heavy atom. The molecule has 1 N–H and O–H groups in total. The van der Waals surface area contributed by atoms with Crippen molar-refractivity contribution in [3.8, 4) is 11.5 Å². The van der Waals surface area contributed by atoms with Gasteiger partial charge in [0.15, 0.2) is 0 Å². The lowest BCUT2D eigenvalue weighted by atomic mass is 9.93. The van der Waals surface area contributed by atoms with E-state index in [9.17, 15) is 15.2 Å². The summed E-state index contributed by atoms with van der Waals surface area (Å²) in [5.74, 6) is 1.69. The molecule has 2 heterocycles. The van der Waals surface area contributed by atoms with Crippen LogP contribution in [0.25, 0.3) is 0 Å². The highest BCUT2D eigenvalue weighted by Gasteiger charge is 2.20. The first kappa shape index (κ1) is 28.3. The number of aryl methyl sites for hydroxylation is 1. The van der Waals surface area contributed by atoms with Gasteiger partial charge in [-0.2, -0.15) is 0 Å². The van der Waals surface area contributed by atoms with Gasteiger partial charge in [-0.25, -0.2) is 0 Å². The molecule has 0 amide bonds. The molecule has 1 atom stereocenters. The van der Waals surface area contributed by atoms with Crippen molar-refractivity contribution < 1.29 is 19.5 Å². The Morgan fingerprint density at radius 1 is 1.05 bits per heavy atom. The number of piperidine rings is 1. The van der Waals surface area contributed by atoms with Crippen LogP contribution in [0.3, 0.4) is 0 Å². The number of ether oxygens (including phenoxy) is 2. The molecule has 0 aliphatic carbocycles. The number of hydrogen-bond donors (Lipinski definition) is 1. The zero-order valence-corrected chi connectivity index (χ0v) is 22.9. The fraction of sp³-hybridized carbons (Fsp3) is 0.423. The lowest BCUT2D eigenvalue weighted by Crippen LogP contribution is -2.34. The molecule has 3 aromatic rings. The Bertz CT molecular complexity index is 1220. The van der Waals surface area contributed by atoms with E-state index in [4.69, 9.17) is 44.3 Å². The van der Waals surface area contributed by atoms with Gasteiger partial charge < -0.3 is 29.6 Å². The second-order valence-electron chi connectivity index (χ2n) is 9.21. The van der Waals surface area contributed by atoms with E-state index in [0.29, 0.717) is 41.3 Å². The van der Waals surface area contributed by atoms with Crippen molar-refractivity contribution in [2.24, 2.45) is 5.92 Å². The first-order chi connectivity index (χ1) is 18.3. The quantitative estimate of drug-likeness (QED) is 0.198. The fourth-order valence-corrected chi connectivity index (χ4v) is 4.84. The lowest BCUT2D eigenvalue weighted by molar-refractivity contribution is -0.389. The predicted molar refractivity (Wildman–Crippen MR) is 148 cm³/mol. The summed E-state index contributed by atoms with van der Waals surface area (Å²) in [7, 11) is 0. The van der Waals surface area contributed by atoms with Crippen LogP contribution in [-0.4, -0.2) is 52.0 Å². The van der Waals surface area contributed by atoms with E-state index in [1.165, 1.54) is 10.8 Å². The molecule has 204 valence electrons. The summed E-state index contributed by atoms with van der Waals surface area (Å²) in [4.78, 5) is 16.2. The molecule has 1 saturated heterocycles. The first-order valence-corrected chi connectivity index (χ1v) is 13.5. The van der Waals surface area contributed by atoms with Gasteiger partial charge >= 0.3 is 11.1 Å². The molecule has 1 fully saturated rings. The van der Waals surface area contributed by atoms with Gasteiger partial charge in [0.1, 0.15) is 24.3 Å². The number of aliphatic hydroxyl groups excluding tert-OH is 1. The summed E-state index contributed by atoms with van der Waals surface area (Å²) in [5.41, 5.74) is 1.14. The zero-order chi connectivity index (χ0) is 27.1. The van der Waals surface area contributed by atoms with Crippen LogP contribution in [0.4, 0.5) is 11.5 Å². The number of aromatic nitrogens is 2. The summed E-state index contributed by atoms with van der Waals surface area (Å²) in [6, 6.07) is 13.2. The highest BCUT2D eigenvalue weighted by Crippen LogP contribution is 2.29. The van der Waals surface area contributed by atoms with E-state index in [1.807, 2.05) is 30.3 Å². The molecule has 0 unspecified atom stereocenters. The van der Waals surface area contributed by atoms with Crippen LogP contribution in [0.15, 0.2) is 48.7 Å². The molecule has 0 saturated carbocycles. The van der Waals surface area contributed by atoms with E-state index in [2.05, 4.69) is 9.88 Å². The molecule has 1 aromatic heterocycles. The monoisotopic (exact) mass is 582 g/mol. The lowest BCUT2D eigenvalue weighted by Gasteiger charge is -2.33. The van der Waals surface area contributed by atoms with Gasteiger partial charge in [-0.3, -0.25) is 4.57 Å². The van der Waals surface area contributed by atoms with Crippen LogP contribution in [0, 0.1) is 16.0 Å². The molecule has 38 heavy (non-hydrogen) atoms. The Kier molecular flexibility index (Phi) is 9.96. The van der Waals surface area contributed by atoms with E-state index >= 15 is 0 Å². The molecule has 9 nitrogen and oxygen atoms in total. The Balaban J connectivity index is 1.14. The maximum Gasteiger partial charge on any atom is 0.383 e. The normalized spacial score (nSPS) is 14.9. The van der Waals surface area contributed by atoms with Crippen molar-refractivity contribution in [2.45, 2.75) is 38.3 Å². The average Bonchev–Trinajstić information content (AvgIpc) is 3.30. The number of rotatable bonds is 12. The SMILES string of the molecule is O=[N+]([O-])c1cn(CC[C@@H](O)COc2ccc(N3CCC(CCOc4ccc(Cl)c(Cl)c4)CC3)cc2)c(Cl)n1. The van der Waals surface area contributed by atoms with Crippen LogP contribution in [0.5, 0.6) is 11.5 Å². The van der Waals surface area contributed by atoms with Crippen molar-refractivity contribution in [3.05, 3.63) is 74.1 Å². The number of imidazole rings is 1. The number of aliphatic hydroxyl groups is 1. The van der Waals surface area contributed by atoms with E-state index in [-0.39, 0.29) is 17.7 Å². The molecule has 1 aliphatic rings. The highest BCUT2D eigenvalue weighted by molar-refractivity contribution is 6.42. The third-order valence-corrected chi connectivity index (χ3v) is 7.59. The minimum atomic E-state index is -0.758. The zero-order valence-electron chi connectivity index (χ0n) is 20.6. The van der Waals surface area contributed by atoms with Gasteiger partial charge in [0, 0.05) is 31.4 Å². The van der Waals surface area contributed by atoms with Crippen molar-refractivity contribution in [3.63, 3.8) is 0 Å². The van der Waals surface area contributed by atoms with Crippen LogP contribution >= 0.6 is 34.8 Å². The molecule has 12 heteroatoms. The predicted octanol–water partition coefficient (Wildman–Crippen LogP) is 6.27. The maximum absolute atomic E-state index is 10.8. The Morgan fingerprint density at radius 3 is 2.42 bits per heavy atom. The number of benzene rings is 2. The van der Waals surface area contributed by atoms with Gasteiger partial charge in [-0.05, 0) is 89.5 Å². The molecular weight excluding hydrogens is 555 g/mol. The van der Waals surface area contributed by atoms with Gasteiger partial charge in [-0.15, -0.1) is 0 Å². The van der Waals surface area contributed by atoms with Gasteiger partial charge in [-0.1, -0.05) is 23.2 Å². The largest absolute Gasteiger partial charge is 0.494 e. The molecule has 0 bridgehead atoms. The molecule has 4 rings (SSSR count). The summed E-state index contributed by atoms with van der Waals surface area (Å²) in [6.45, 7) is 3.00. The summed E-state index contributed by atoms with van der Waals surface area (Å²) in [6.07, 6.45) is 4.00. The first-order valence-electron chi connectivity index (χ1n) is 12.4. The molecule has 0 spiro atoms. The van der Waals surface area contributed by atoms with Crippen LogP contribution in [-0.2, 0) is 6.54 Å². The molecule has 1 aliphatic heterocycles. The van der Waals surface area contributed by atoms with E-state index < -0.39 is 11.0 Å². The highest BCUT2D eigenvalue weighted by atomic mass is 35.5. The number of nitrogens with zero attached hydrogens (tertiary/aromatic N) is 4. The summed E-state index contributed by atoms with van der Waals surface area (Å²) in [5, 5.41) is 22.1. The topological polar surface area (TPSA) is 103 Å². The van der Waals surface area contributed by atoms with E-state index in [1.54, 1.807) is 12.1 Å². The average molecular weight is 584 g/mol. The molecule has 2 aromatic carbocycles. The number of anilines is 1. The Labute approximate surface area is 236 Å². The standard InChI is InChI=1S/C26H29Cl3N4O5/c27-23-6-5-22(15-24(23)28)37-14-10-18-7-11-31(12-8-18)19-1-3-21(4-2-19)38-17-20(34)9-13-32-16-25(33(35)36)30-26(32)29/h1-6,15-16,18,20,34H,7-14,17H2/t20-/m1/s1. The van der Waals surface area contributed by atoms with Crippen molar-refractivity contribution >= 4 is 46.3 Å². The van der Waals surface area contributed by atoms with Gasteiger partial charge in [0.05, 0.1) is 22.8 Å². The van der Waals surface area contributed by atoms with Crippen molar-refractivity contribution in [2.75, 3.05) is 31.2 Å². The van der Waals surface area contributed by atoms with Crippen LogP contribution < -0.4 is 14.4 Å². The number of hydrogen-bond acceptors (Lipinski definition) is 7. The maximum atomic E-state index is 10.8. The second kappa shape index (κ2) is 13.4. The third kappa shape index (κ3) is 7.89. The minimum absolute atomic E-state index is 0.0149.